The summed E-state index contributed by atoms with van der Waals surface area (Å²) in [5.41, 5.74) is -1.24. The first-order valence-corrected chi connectivity index (χ1v) is 6.02. The van der Waals surface area contributed by atoms with Crippen LogP contribution in [-0.2, 0) is 6.18 Å². The SMILES string of the molecule is FC(F)(F)COc1ccccc1Oc1nccc(C(F)(F)F)n1. The van der Waals surface area contributed by atoms with Crippen LogP contribution in [-0.4, -0.2) is 22.8 Å². The molecule has 0 saturated carbocycles. The number of halogens is 6. The number of ether oxygens (including phenoxy) is 2. The molecule has 1 heterocycles. The van der Waals surface area contributed by atoms with Gasteiger partial charge in [0.1, 0.15) is 0 Å². The second kappa shape index (κ2) is 6.31. The van der Waals surface area contributed by atoms with Gasteiger partial charge in [-0.3, -0.25) is 0 Å². The van der Waals surface area contributed by atoms with E-state index in [2.05, 4.69) is 14.7 Å². The molecule has 0 atom stereocenters. The Kier molecular flexibility index (Phi) is 4.62. The molecule has 10 heteroatoms. The maximum absolute atomic E-state index is 12.5. The van der Waals surface area contributed by atoms with Crippen molar-refractivity contribution in [2.75, 3.05) is 6.61 Å². The molecule has 0 aliphatic carbocycles. The molecule has 2 rings (SSSR count). The van der Waals surface area contributed by atoms with E-state index in [9.17, 15) is 26.3 Å². The fourth-order valence-corrected chi connectivity index (χ4v) is 1.46. The molecule has 0 N–H and O–H groups in total. The molecule has 4 nitrogen and oxygen atoms in total. The number of aromatic nitrogens is 2. The topological polar surface area (TPSA) is 44.2 Å². The average Bonchev–Trinajstić information content (AvgIpc) is 2.45. The Morgan fingerprint density at radius 2 is 1.57 bits per heavy atom. The van der Waals surface area contributed by atoms with Crippen LogP contribution < -0.4 is 9.47 Å². The molecular weight excluding hydrogens is 330 g/mol. The van der Waals surface area contributed by atoms with Crippen molar-refractivity contribution in [3.8, 4) is 17.5 Å². The number of hydrogen-bond acceptors (Lipinski definition) is 4. The van der Waals surface area contributed by atoms with Gasteiger partial charge in [0.05, 0.1) is 0 Å². The fourth-order valence-electron chi connectivity index (χ4n) is 1.46. The molecular formula is C13H8F6N2O2. The molecule has 1 aromatic heterocycles. The van der Waals surface area contributed by atoms with E-state index in [1.807, 2.05) is 0 Å². The highest BCUT2D eigenvalue weighted by molar-refractivity contribution is 5.41. The van der Waals surface area contributed by atoms with Crippen molar-refractivity contribution in [2.45, 2.75) is 12.4 Å². The number of hydrogen-bond donors (Lipinski definition) is 0. The smallest absolute Gasteiger partial charge is 0.433 e. The van der Waals surface area contributed by atoms with Crippen LogP contribution in [0, 0.1) is 0 Å². The largest absolute Gasteiger partial charge is 0.480 e. The van der Waals surface area contributed by atoms with Crippen LogP contribution in [0.25, 0.3) is 0 Å². The van der Waals surface area contributed by atoms with Gasteiger partial charge < -0.3 is 9.47 Å². The summed E-state index contributed by atoms with van der Waals surface area (Å²) in [5, 5.41) is 0. The molecule has 0 unspecified atom stereocenters. The summed E-state index contributed by atoms with van der Waals surface area (Å²) in [6.45, 7) is -1.57. The molecule has 2 aromatic rings. The summed E-state index contributed by atoms with van der Waals surface area (Å²) in [5.74, 6) is -0.540. The number of nitrogens with zero attached hydrogens (tertiary/aromatic N) is 2. The lowest BCUT2D eigenvalue weighted by molar-refractivity contribution is -0.153. The Balaban J connectivity index is 2.20. The van der Waals surface area contributed by atoms with Crippen molar-refractivity contribution in [1.29, 1.82) is 0 Å². The highest BCUT2D eigenvalue weighted by atomic mass is 19.4. The van der Waals surface area contributed by atoms with Crippen molar-refractivity contribution < 1.29 is 35.8 Å². The first-order chi connectivity index (χ1) is 10.6. The molecule has 0 aliphatic rings. The van der Waals surface area contributed by atoms with Crippen molar-refractivity contribution in [3.63, 3.8) is 0 Å². The van der Waals surface area contributed by atoms with E-state index >= 15 is 0 Å². The second-order valence-corrected chi connectivity index (χ2v) is 4.17. The van der Waals surface area contributed by atoms with Crippen LogP contribution in [0.4, 0.5) is 26.3 Å². The highest BCUT2D eigenvalue weighted by Crippen LogP contribution is 2.33. The predicted octanol–water partition coefficient (Wildman–Crippen LogP) is 4.23. The van der Waals surface area contributed by atoms with E-state index in [1.54, 1.807) is 0 Å². The minimum atomic E-state index is -4.70. The van der Waals surface area contributed by atoms with E-state index in [-0.39, 0.29) is 11.5 Å². The Bertz CT molecular complexity index is 672. The minimum absolute atomic E-state index is 0.240. The van der Waals surface area contributed by atoms with Crippen molar-refractivity contribution in [1.82, 2.24) is 9.97 Å². The molecule has 0 aliphatic heterocycles. The van der Waals surface area contributed by atoms with E-state index in [4.69, 9.17) is 4.74 Å². The number of rotatable bonds is 4. The van der Waals surface area contributed by atoms with E-state index in [1.165, 1.54) is 24.3 Å². The van der Waals surface area contributed by atoms with Crippen LogP contribution in [0.2, 0.25) is 0 Å². The number of benzene rings is 1. The summed E-state index contributed by atoms with van der Waals surface area (Å²) >= 11 is 0. The maximum atomic E-state index is 12.5. The second-order valence-electron chi connectivity index (χ2n) is 4.17. The number of alkyl halides is 6. The quantitative estimate of drug-likeness (QED) is 0.783. The highest BCUT2D eigenvalue weighted by Gasteiger charge is 2.33. The van der Waals surface area contributed by atoms with E-state index in [0.29, 0.717) is 6.07 Å². The third-order valence-corrected chi connectivity index (χ3v) is 2.37. The molecule has 124 valence electrons. The zero-order valence-corrected chi connectivity index (χ0v) is 11.1. The molecule has 0 amide bonds. The van der Waals surface area contributed by atoms with E-state index in [0.717, 1.165) is 6.20 Å². The van der Waals surface area contributed by atoms with Gasteiger partial charge in [0.25, 0.3) is 0 Å². The van der Waals surface area contributed by atoms with Crippen molar-refractivity contribution in [2.24, 2.45) is 0 Å². The van der Waals surface area contributed by atoms with Gasteiger partial charge >= 0.3 is 18.4 Å². The predicted molar refractivity (Wildman–Crippen MR) is 65.1 cm³/mol. The van der Waals surface area contributed by atoms with Gasteiger partial charge in [0.2, 0.25) is 0 Å². The molecule has 0 bridgehead atoms. The van der Waals surface area contributed by atoms with Crippen molar-refractivity contribution >= 4 is 0 Å². The fraction of sp³-hybridized carbons (Fsp3) is 0.231. The Morgan fingerprint density at radius 1 is 0.913 bits per heavy atom. The lowest BCUT2D eigenvalue weighted by Gasteiger charge is -2.13. The first-order valence-electron chi connectivity index (χ1n) is 6.02. The summed E-state index contributed by atoms with van der Waals surface area (Å²) in [6, 6.07) is 5.15. The van der Waals surface area contributed by atoms with Crippen LogP contribution in [0.1, 0.15) is 5.69 Å². The minimum Gasteiger partial charge on any atom is -0.480 e. The molecule has 23 heavy (non-hydrogen) atoms. The Morgan fingerprint density at radius 3 is 2.17 bits per heavy atom. The maximum Gasteiger partial charge on any atom is 0.433 e. The lowest BCUT2D eigenvalue weighted by atomic mass is 10.3. The van der Waals surface area contributed by atoms with Crippen LogP contribution in [0.5, 0.6) is 17.5 Å². The molecule has 0 saturated heterocycles. The van der Waals surface area contributed by atoms with E-state index < -0.39 is 30.7 Å². The standard InChI is InChI=1S/C13H8F6N2O2/c14-12(15,16)7-22-8-3-1-2-4-9(8)23-11-20-6-5-10(21-11)13(17,18)19/h1-6H,7H2. The monoisotopic (exact) mass is 338 g/mol. The van der Waals surface area contributed by atoms with Gasteiger partial charge in [0, 0.05) is 6.20 Å². The average molecular weight is 338 g/mol. The van der Waals surface area contributed by atoms with Gasteiger partial charge in [-0.05, 0) is 18.2 Å². The molecule has 0 spiro atoms. The summed E-state index contributed by atoms with van der Waals surface area (Å²) in [6.07, 6.45) is -8.45. The summed E-state index contributed by atoms with van der Waals surface area (Å²) in [4.78, 5) is 6.64. The summed E-state index contributed by atoms with van der Waals surface area (Å²) in [7, 11) is 0. The van der Waals surface area contributed by atoms with Gasteiger partial charge in [-0.15, -0.1) is 0 Å². The van der Waals surface area contributed by atoms with Gasteiger partial charge in [-0.25, -0.2) is 4.98 Å². The van der Waals surface area contributed by atoms with Crippen LogP contribution >= 0.6 is 0 Å². The van der Waals surface area contributed by atoms with Gasteiger partial charge in [-0.2, -0.15) is 31.3 Å². The zero-order valence-electron chi connectivity index (χ0n) is 11.1. The molecule has 0 radical (unpaired) electrons. The molecule has 0 fully saturated rings. The Hall–Kier alpha value is -2.52. The zero-order chi connectivity index (χ0) is 17.1. The molecule has 1 aromatic carbocycles. The van der Waals surface area contributed by atoms with Gasteiger partial charge in [0.15, 0.2) is 23.8 Å². The number of para-hydroxylation sites is 2. The third kappa shape index (κ3) is 5.01. The normalized spacial score (nSPS) is 12.1. The third-order valence-electron chi connectivity index (χ3n) is 2.37. The summed E-state index contributed by atoms with van der Waals surface area (Å²) < 4.78 is 83.7. The van der Waals surface area contributed by atoms with Gasteiger partial charge in [-0.1, -0.05) is 12.1 Å². The first kappa shape index (κ1) is 16.8. The van der Waals surface area contributed by atoms with Crippen LogP contribution in [0.3, 0.4) is 0 Å². The van der Waals surface area contributed by atoms with Crippen molar-refractivity contribution in [3.05, 3.63) is 42.2 Å². The lowest BCUT2D eigenvalue weighted by Crippen LogP contribution is -2.19. The Labute approximate surface area is 125 Å². The van der Waals surface area contributed by atoms with Crippen LogP contribution in [0.15, 0.2) is 36.5 Å².